The second-order valence-electron chi connectivity index (χ2n) is 12.8. The molecule has 2 heterocycles. The monoisotopic (exact) mass is 732 g/mol. The van der Waals surface area contributed by atoms with Crippen LogP contribution >= 0.6 is 11.3 Å². The highest BCUT2D eigenvalue weighted by Crippen LogP contribution is 2.39. The summed E-state index contributed by atoms with van der Waals surface area (Å²) >= 11 is 1.63. The van der Waals surface area contributed by atoms with E-state index in [1.165, 1.54) is 0 Å². The van der Waals surface area contributed by atoms with Gasteiger partial charge in [0.25, 0.3) is 0 Å². The van der Waals surface area contributed by atoms with Crippen molar-refractivity contribution in [3.05, 3.63) is 188 Å². The van der Waals surface area contributed by atoms with Crippen LogP contribution in [0.3, 0.4) is 0 Å². The molecule has 0 fully saturated rings. The minimum Gasteiger partial charge on any atom is -0.208 e. The first kappa shape index (κ1) is 19.9. The maximum Gasteiger partial charge on any atom is 0.164 e. The van der Waals surface area contributed by atoms with Gasteiger partial charge in [-0.3, -0.25) is 0 Å². The first-order valence-electron chi connectivity index (χ1n) is 24.8. The van der Waals surface area contributed by atoms with Crippen LogP contribution in [0.5, 0.6) is 0 Å². The lowest BCUT2D eigenvalue weighted by Gasteiger charge is -2.13. The molecule has 0 bridgehead atoms. The number of fused-ring (bicyclic) bond motifs is 9. The van der Waals surface area contributed by atoms with Gasteiger partial charge in [-0.2, -0.15) is 0 Å². The van der Waals surface area contributed by atoms with Gasteiger partial charge in [-0.25, -0.2) is 15.0 Å². The molecule has 0 atom stereocenters. The van der Waals surface area contributed by atoms with Crippen LogP contribution in [0.1, 0.15) is 20.6 Å². The average molecular weight is 733 g/mol. The molecule has 0 N–H and O–H groups in total. The molecule has 9 aromatic carbocycles. The van der Waals surface area contributed by atoms with Crippen molar-refractivity contribution in [3.63, 3.8) is 0 Å². The van der Waals surface area contributed by atoms with Crippen LogP contribution in [0, 0.1) is 0 Å². The SMILES string of the molecule is [2H]c1c([2H])c(-c2nc(-c3cccc(-c4ccccc4)c3)nc(-c3ccc4sc5ccccc5c4c3)n2)c([2H])c(-c2c([2H])c([2H])c3c4c([2H])c([2H])c([2H])c([2H])c4c4c([2H])c([2H])c([2H])c([2H])c4c3c2[2H])c1[2H]. The van der Waals surface area contributed by atoms with Crippen molar-refractivity contribution in [1.82, 2.24) is 15.0 Å². The molecule has 0 saturated heterocycles. The average Bonchev–Trinajstić information content (AvgIpc) is 3.75. The van der Waals surface area contributed by atoms with Gasteiger partial charge in [0, 0.05) is 36.9 Å². The van der Waals surface area contributed by atoms with Crippen LogP contribution in [0.2, 0.25) is 0 Å². The molecule has 0 aliphatic carbocycles. The molecule has 2 aromatic heterocycles. The lowest BCUT2D eigenvalue weighted by atomic mass is 9.92. The molecular weight excluding hydrogens is 687 g/mol. The Hall–Kier alpha value is -7.01. The van der Waals surface area contributed by atoms with Gasteiger partial charge in [0.15, 0.2) is 17.5 Å². The van der Waals surface area contributed by atoms with Crippen molar-refractivity contribution < 1.29 is 20.6 Å². The van der Waals surface area contributed by atoms with Crippen LogP contribution in [0.25, 0.3) is 109 Å². The summed E-state index contributed by atoms with van der Waals surface area (Å²) in [6.45, 7) is 0. The summed E-state index contributed by atoms with van der Waals surface area (Å²) in [5.41, 5.74) is 1.43. The van der Waals surface area contributed by atoms with Gasteiger partial charge in [-0.05, 0) is 97.0 Å². The highest BCUT2D eigenvalue weighted by Gasteiger charge is 2.16. The third-order valence-corrected chi connectivity index (χ3v) is 10.7. The third-order valence-electron chi connectivity index (χ3n) is 9.53. The summed E-state index contributed by atoms with van der Waals surface area (Å²) in [4.78, 5) is 14.6. The Kier molecular flexibility index (Phi) is 4.64. The predicted octanol–water partition coefficient (Wildman–Crippen LogP) is 14.0. The van der Waals surface area contributed by atoms with E-state index < -0.39 is 107 Å². The zero-order valence-electron chi connectivity index (χ0n) is 43.5. The lowest BCUT2D eigenvalue weighted by Crippen LogP contribution is -2.00. The fourth-order valence-corrected chi connectivity index (χ4v) is 8.03. The van der Waals surface area contributed by atoms with Gasteiger partial charge in [-0.1, -0.05) is 145 Å². The molecule has 0 aliphatic rings. The summed E-state index contributed by atoms with van der Waals surface area (Å²) in [6, 6.07) is 20.3. The summed E-state index contributed by atoms with van der Waals surface area (Å²) in [6.07, 6.45) is 0. The molecule has 0 amide bonds. The fourth-order valence-electron chi connectivity index (χ4n) is 6.94. The molecule has 11 aromatic rings. The molecule has 4 heteroatoms. The first-order valence-corrected chi connectivity index (χ1v) is 18.1. The fraction of sp³-hybridized carbons (Fsp3) is 0. The van der Waals surface area contributed by atoms with Gasteiger partial charge in [0.05, 0.1) is 20.6 Å². The molecule has 0 spiro atoms. The Morgan fingerprint density at radius 1 is 0.327 bits per heavy atom. The zero-order valence-corrected chi connectivity index (χ0v) is 29.3. The summed E-state index contributed by atoms with van der Waals surface area (Å²) < 4.78 is 138. The molecular formula is C51H31N3S. The van der Waals surface area contributed by atoms with Crippen LogP contribution in [-0.2, 0) is 0 Å². The van der Waals surface area contributed by atoms with Gasteiger partial charge in [0.2, 0.25) is 0 Å². The van der Waals surface area contributed by atoms with E-state index in [9.17, 15) is 8.22 Å². The number of hydrogen-bond acceptors (Lipinski definition) is 4. The normalized spacial score (nSPS) is 15.5. The molecule has 3 nitrogen and oxygen atoms in total. The van der Waals surface area contributed by atoms with Crippen LogP contribution in [0.15, 0.2) is 188 Å². The van der Waals surface area contributed by atoms with E-state index in [4.69, 9.17) is 27.3 Å². The van der Waals surface area contributed by atoms with Crippen LogP contribution < -0.4 is 0 Å². The van der Waals surface area contributed by atoms with E-state index in [2.05, 4.69) is 0 Å². The van der Waals surface area contributed by atoms with Gasteiger partial charge < -0.3 is 0 Å². The number of benzene rings is 9. The van der Waals surface area contributed by atoms with Gasteiger partial charge in [0.1, 0.15) is 0 Å². The minimum absolute atomic E-state index is 0.147. The minimum atomic E-state index is -0.775. The predicted molar refractivity (Wildman–Crippen MR) is 232 cm³/mol. The Morgan fingerprint density at radius 3 is 1.65 bits per heavy atom. The summed E-state index contributed by atoms with van der Waals surface area (Å²) in [5.74, 6) is 0.0627. The van der Waals surface area contributed by atoms with Crippen molar-refractivity contribution in [1.29, 1.82) is 0 Å². The quantitative estimate of drug-likeness (QED) is 0.165. The first-order chi connectivity index (χ1) is 33.5. The molecule has 0 saturated carbocycles. The number of hydrogen-bond donors (Lipinski definition) is 0. The molecule has 0 aliphatic heterocycles. The molecule has 55 heavy (non-hydrogen) atoms. The van der Waals surface area contributed by atoms with E-state index in [0.29, 0.717) is 11.1 Å². The van der Waals surface area contributed by atoms with Crippen molar-refractivity contribution >= 4 is 63.8 Å². The topological polar surface area (TPSA) is 38.7 Å². The maximum atomic E-state index is 9.82. The van der Waals surface area contributed by atoms with Crippen molar-refractivity contribution in [2.45, 2.75) is 0 Å². The van der Waals surface area contributed by atoms with E-state index in [-0.39, 0.29) is 50.0 Å². The van der Waals surface area contributed by atoms with Crippen LogP contribution in [-0.4, -0.2) is 15.0 Å². The number of aromatic nitrogens is 3. The van der Waals surface area contributed by atoms with Gasteiger partial charge in [-0.15, -0.1) is 11.3 Å². The van der Waals surface area contributed by atoms with E-state index in [1.807, 2.05) is 91.0 Å². The van der Waals surface area contributed by atoms with E-state index in [1.54, 1.807) is 17.4 Å². The number of rotatable bonds is 5. The number of nitrogens with zero attached hydrogens (tertiary/aromatic N) is 3. The second kappa shape index (κ2) is 12.8. The second-order valence-corrected chi connectivity index (χ2v) is 13.9. The van der Waals surface area contributed by atoms with Crippen molar-refractivity contribution in [3.8, 4) is 56.4 Å². The molecule has 0 unspecified atom stereocenters. The zero-order chi connectivity index (χ0) is 49.3. The van der Waals surface area contributed by atoms with E-state index in [0.717, 1.165) is 31.3 Å². The Balaban J connectivity index is 1.23. The lowest BCUT2D eigenvalue weighted by molar-refractivity contribution is 1.07. The van der Waals surface area contributed by atoms with Gasteiger partial charge >= 0.3 is 0 Å². The summed E-state index contributed by atoms with van der Waals surface area (Å²) in [7, 11) is 0. The standard InChI is InChI=1S/C51H31N3S/c1-2-12-32(13-3-1)33-14-10-16-36(28-33)49-52-50(54-51(53-49)38-25-27-48-46(31-38)44-22-8-9-23-47(44)55-48)37-17-11-15-34(29-37)35-24-26-43-41-20-5-4-18-39(41)40-19-6-7-21-42(40)45(43)30-35/h1-31H/i4D,5D,6D,7D,11D,15D,17D,18D,19D,20D,21D,24D,26D,29D,30D. The molecule has 0 radical (unpaired) electrons. The summed E-state index contributed by atoms with van der Waals surface area (Å²) in [5, 5.41) is -0.224. The molecule has 11 rings (SSSR count). The maximum absolute atomic E-state index is 9.82. The van der Waals surface area contributed by atoms with Crippen LogP contribution in [0.4, 0.5) is 0 Å². The Labute approximate surface area is 342 Å². The Morgan fingerprint density at radius 2 is 0.891 bits per heavy atom. The van der Waals surface area contributed by atoms with Crippen molar-refractivity contribution in [2.24, 2.45) is 0 Å². The Bertz CT molecular complexity index is 4100. The van der Waals surface area contributed by atoms with E-state index >= 15 is 0 Å². The molecule has 256 valence electrons. The van der Waals surface area contributed by atoms with Crippen molar-refractivity contribution in [2.75, 3.05) is 0 Å². The number of thiophene rings is 1. The highest BCUT2D eigenvalue weighted by molar-refractivity contribution is 7.25. The third kappa shape index (κ3) is 5.46. The largest absolute Gasteiger partial charge is 0.208 e. The smallest absolute Gasteiger partial charge is 0.164 e. The highest BCUT2D eigenvalue weighted by atomic mass is 32.1.